The van der Waals surface area contributed by atoms with Crippen molar-refractivity contribution in [2.24, 2.45) is 12.0 Å². The van der Waals surface area contributed by atoms with Gasteiger partial charge in [-0.25, -0.2) is 14.5 Å². The molecule has 0 atom stereocenters. The van der Waals surface area contributed by atoms with Crippen LogP contribution in [0, 0.1) is 6.92 Å². The number of ether oxygens (including phenoxy) is 2. The van der Waals surface area contributed by atoms with E-state index >= 15 is 0 Å². The Balaban J connectivity index is 1.61. The van der Waals surface area contributed by atoms with Gasteiger partial charge in [0.05, 0.1) is 24.1 Å². The number of aliphatic imine (C=N–C) groups is 1. The van der Waals surface area contributed by atoms with E-state index in [2.05, 4.69) is 9.98 Å². The number of para-hydroxylation sites is 1. The summed E-state index contributed by atoms with van der Waals surface area (Å²) in [5, 5.41) is 0. The van der Waals surface area contributed by atoms with E-state index in [1.807, 2.05) is 44.3 Å². The molecule has 0 amide bonds. The zero-order chi connectivity index (χ0) is 23.4. The smallest absolute Gasteiger partial charge is 0.343 e. The van der Waals surface area contributed by atoms with Crippen molar-refractivity contribution in [3.63, 3.8) is 0 Å². The molecule has 0 aliphatic carbocycles. The van der Waals surface area contributed by atoms with Gasteiger partial charge in [-0.1, -0.05) is 18.2 Å². The Morgan fingerprint density at radius 3 is 2.45 bits per heavy atom. The summed E-state index contributed by atoms with van der Waals surface area (Å²) in [7, 11) is 3.30. The minimum atomic E-state index is -0.515. The van der Waals surface area contributed by atoms with Crippen LogP contribution in [0.25, 0.3) is 5.69 Å². The molecule has 0 saturated carbocycles. The Morgan fingerprint density at radius 1 is 1.03 bits per heavy atom. The van der Waals surface area contributed by atoms with Gasteiger partial charge >= 0.3 is 5.97 Å². The van der Waals surface area contributed by atoms with Crippen LogP contribution in [0.2, 0.25) is 0 Å². The molecule has 166 valence electrons. The predicted molar refractivity (Wildman–Crippen MR) is 125 cm³/mol. The molecule has 2 aromatic carbocycles. The van der Waals surface area contributed by atoms with E-state index in [0.717, 1.165) is 11.4 Å². The summed E-state index contributed by atoms with van der Waals surface area (Å²) in [4.78, 5) is 33.7. The van der Waals surface area contributed by atoms with Crippen LogP contribution in [0.4, 0.5) is 5.69 Å². The normalized spacial score (nSPS) is 11.0. The topological polar surface area (TPSA) is 87.7 Å². The molecule has 2 heterocycles. The van der Waals surface area contributed by atoms with Gasteiger partial charge in [0.15, 0.2) is 17.2 Å². The van der Waals surface area contributed by atoms with Crippen molar-refractivity contribution in [2.75, 3.05) is 7.11 Å². The highest BCUT2D eigenvalue weighted by molar-refractivity contribution is 5.91. The molecule has 0 fully saturated rings. The van der Waals surface area contributed by atoms with E-state index in [-0.39, 0.29) is 11.3 Å². The lowest BCUT2D eigenvalue weighted by atomic mass is 10.2. The van der Waals surface area contributed by atoms with Crippen molar-refractivity contribution >= 4 is 17.9 Å². The molecular formula is C25H22N4O4. The highest BCUT2D eigenvalue weighted by Crippen LogP contribution is 2.28. The fourth-order valence-corrected chi connectivity index (χ4v) is 3.34. The van der Waals surface area contributed by atoms with Crippen molar-refractivity contribution in [3.8, 4) is 17.2 Å². The monoisotopic (exact) mass is 442 g/mol. The molecule has 8 heteroatoms. The number of benzene rings is 2. The number of nitrogens with zero attached hydrogens (tertiary/aromatic N) is 4. The zero-order valence-corrected chi connectivity index (χ0v) is 18.4. The summed E-state index contributed by atoms with van der Waals surface area (Å²) < 4.78 is 14.2. The predicted octanol–water partition coefficient (Wildman–Crippen LogP) is 3.86. The molecule has 0 spiro atoms. The van der Waals surface area contributed by atoms with E-state index < -0.39 is 5.97 Å². The summed E-state index contributed by atoms with van der Waals surface area (Å²) in [5.74, 6) is 0.130. The lowest BCUT2D eigenvalue weighted by Crippen LogP contribution is -2.19. The number of carbonyl (C=O) groups is 1. The highest BCUT2D eigenvalue weighted by atomic mass is 16.6. The van der Waals surface area contributed by atoms with Crippen LogP contribution in [0.5, 0.6) is 11.5 Å². The third kappa shape index (κ3) is 4.45. The summed E-state index contributed by atoms with van der Waals surface area (Å²) in [6.07, 6.45) is 4.62. The fourth-order valence-electron chi connectivity index (χ4n) is 3.34. The Hall–Kier alpha value is -4.46. The number of hydrogen-bond acceptors (Lipinski definition) is 6. The van der Waals surface area contributed by atoms with Gasteiger partial charge in [0.1, 0.15) is 0 Å². The average molecular weight is 442 g/mol. The van der Waals surface area contributed by atoms with Crippen molar-refractivity contribution in [1.29, 1.82) is 0 Å². The van der Waals surface area contributed by atoms with E-state index in [4.69, 9.17) is 9.47 Å². The van der Waals surface area contributed by atoms with Gasteiger partial charge in [-0.15, -0.1) is 0 Å². The van der Waals surface area contributed by atoms with Crippen LogP contribution in [0.3, 0.4) is 0 Å². The minimum absolute atomic E-state index is 0.215. The number of aromatic nitrogens is 3. The van der Waals surface area contributed by atoms with Crippen LogP contribution in [-0.4, -0.2) is 33.6 Å². The van der Waals surface area contributed by atoms with Crippen molar-refractivity contribution in [3.05, 3.63) is 100 Å². The zero-order valence-electron chi connectivity index (χ0n) is 18.4. The van der Waals surface area contributed by atoms with Gasteiger partial charge in [-0.3, -0.25) is 14.5 Å². The molecule has 0 aliphatic heterocycles. The van der Waals surface area contributed by atoms with Gasteiger partial charge in [0.25, 0.3) is 5.56 Å². The van der Waals surface area contributed by atoms with E-state index in [1.165, 1.54) is 19.5 Å². The maximum atomic E-state index is 13.0. The average Bonchev–Trinajstić information content (AvgIpc) is 3.06. The molecule has 2 aromatic heterocycles. The molecule has 0 unspecified atom stereocenters. The molecule has 4 aromatic rings. The number of rotatable bonds is 6. The van der Waals surface area contributed by atoms with Crippen LogP contribution >= 0.6 is 0 Å². The standard InChI is InChI=1S/C25H22N4O4/c1-17-23(24(30)29(28(17)2)20-7-5-4-6-8-20)27-16-18-9-10-21(22(15-18)32-3)33-25(31)19-11-13-26-14-12-19/h4-16H,1-3H3. The summed E-state index contributed by atoms with van der Waals surface area (Å²) in [6, 6.07) is 17.6. The first-order valence-corrected chi connectivity index (χ1v) is 10.2. The Morgan fingerprint density at radius 2 is 1.76 bits per heavy atom. The third-order valence-electron chi connectivity index (χ3n) is 5.17. The lowest BCUT2D eigenvalue weighted by Gasteiger charge is -2.09. The minimum Gasteiger partial charge on any atom is -0.493 e. The quantitative estimate of drug-likeness (QED) is 0.257. The molecule has 0 bridgehead atoms. The third-order valence-corrected chi connectivity index (χ3v) is 5.17. The van der Waals surface area contributed by atoms with Crippen LogP contribution in [-0.2, 0) is 7.05 Å². The molecule has 4 rings (SSSR count). The van der Waals surface area contributed by atoms with Crippen LogP contribution < -0.4 is 15.0 Å². The number of pyridine rings is 1. The van der Waals surface area contributed by atoms with Gasteiger partial charge in [0.2, 0.25) is 0 Å². The second-order valence-corrected chi connectivity index (χ2v) is 7.20. The maximum Gasteiger partial charge on any atom is 0.343 e. The summed E-state index contributed by atoms with van der Waals surface area (Å²) >= 11 is 0. The van der Waals surface area contributed by atoms with Crippen LogP contribution in [0.1, 0.15) is 21.6 Å². The SMILES string of the molecule is COc1cc(C=Nc2c(C)n(C)n(-c3ccccc3)c2=O)ccc1OC(=O)c1ccncc1. The van der Waals surface area contributed by atoms with E-state index in [1.54, 1.807) is 45.9 Å². The van der Waals surface area contributed by atoms with Gasteiger partial charge < -0.3 is 9.47 Å². The maximum absolute atomic E-state index is 13.0. The first-order valence-electron chi connectivity index (χ1n) is 10.2. The molecule has 8 nitrogen and oxygen atoms in total. The Bertz CT molecular complexity index is 1370. The molecule has 0 saturated heterocycles. The van der Waals surface area contributed by atoms with E-state index in [0.29, 0.717) is 22.6 Å². The number of hydrogen-bond donors (Lipinski definition) is 0. The van der Waals surface area contributed by atoms with Gasteiger partial charge in [-0.05, 0) is 55.0 Å². The molecular weight excluding hydrogens is 420 g/mol. The van der Waals surface area contributed by atoms with E-state index in [9.17, 15) is 9.59 Å². The first kappa shape index (κ1) is 21.8. The Kier molecular flexibility index (Phi) is 6.17. The second-order valence-electron chi connectivity index (χ2n) is 7.20. The number of carbonyl (C=O) groups excluding carboxylic acids is 1. The highest BCUT2D eigenvalue weighted by Gasteiger charge is 2.16. The summed E-state index contributed by atoms with van der Waals surface area (Å²) in [5.41, 5.74) is 2.68. The molecule has 0 N–H and O–H groups in total. The number of methoxy groups -OCH3 is 1. The van der Waals surface area contributed by atoms with Crippen molar-refractivity contribution < 1.29 is 14.3 Å². The largest absolute Gasteiger partial charge is 0.493 e. The summed E-state index contributed by atoms with van der Waals surface area (Å²) in [6.45, 7) is 1.84. The van der Waals surface area contributed by atoms with Crippen molar-refractivity contribution in [1.82, 2.24) is 14.3 Å². The molecule has 0 radical (unpaired) electrons. The second kappa shape index (κ2) is 9.35. The van der Waals surface area contributed by atoms with Crippen molar-refractivity contribution in [2.45, 2.75) is 6.92 Å². The van der Waals surface area contributed by atoms with Gasteiger partial charge in [-0.2, -0.15) is 0 Å². The lowest BCUT2D eigenvalue weighted by molar-refractivity contribution is 0.0729. The first-order chi connectivity index (χ1) is 16.0. The molecule has 33 heavy (non-hydrogen) atoms. The van der Waals surface area contributed by atoms with Crippen LogP contribution in [0.15, 0.2) is 82.8 Å². The molecule has 0 aliphatic rings. The number of esters is 1. The van der Waals surface area contributed by atoms with Gasteiger partial charge in [0, 0.05) is 25.7 Å². The Labute approximate surface area is 190 Å². The fraction of sp³-hybridized carbons (Fsp3) is 0.120.